The average molecular weight is 201 g/mol. The first-order chi connectivity index (χ1) is 4.30. The summed E-state index contributed by atoms with van der Waals surface area (Å²) in [6.07, 6.45) is 5.23. The van der Waals surface area contributed by atoms with Crippen molar-refractivity contribution in [2.45, 2.75) is 0 Å². The molecule has 0 aromatic carbocycles. The van der Waals surface area contributed by atoms with Gasteiger partial charge in [0.25, 0.3) is 0 Å². The van der Waals surface area contributed by atoms with E-state index < -0.39 is 22.9 Å². The minimum atomic E-state index is -1.00. The zero-order chi connectivity index (χ0) is 6.69. The smallest absolute Gasteiger partial charge is 1.00 e. The molecule has 4 heteroatoms. The van der Waals surface area contributed by atoms with Crippen molar-refractivity contribution in [2.24, 2.45) is 0 Å². The molecule has 0 saturated heterocycles. The summed E-state index contributed by atoms with van der Waals surface area (Å²) in [6.45, 7) is 0. The van der Waals surface area contributed by atoms with Gasteiger partial charge in [-0.1, -0.05) is 0 Å². The van der Waals surface area contributed by atoms with Gasteiger partial charge in [-0.25, -0.2) is 0 Å². The van der Waals surface area contributed by atoms with Crippen LogP contribution >= 0.6 is 0 Å². The molecule has 1 heterocycles. The SMILES string of the molecule is O=C([O-])[C]1=[Ga][CH]=CC=C1.[Na+]. The third kappa shape index (κ3) is 3.03. The second kappa shape index (κ2) is 5.15. The van der Waals surface area contributed by atoms with Gasteiger partial charge in [-0.2, -0.15) is 0 Å². The van der Waals surface area contributed by atoms with E-state index in [9.17, 15) is 9.90 Å². The van der Waals surface area contributed by atoms with E-state index in [0.717, 1.165) is 0 Å². The molecule has 0 aliphatic carbocycles. The van der Waals surface area contributed by atoms with Crippen molar-refractivity contribution in [3.8, 4) is 0 Å². The molecule has 0 amide bonds. The van der Waals surface area contributed by atoms with Crippen molar-refractivity contribution in [2.75, 3.05) is 0 Å². The zero-order valence-corrected chi connectivity index (χ0v) is 10.1. The summed E-state index contributed by atoms with van der Waals surface area (Å²) >= 11 is -0.778. The molecule has 0 spiro atoms. The standard InChI is InChI=1S/C6H5O2.Ga.Na/c1-2-3-4-5-6(7)8;;/h1-4H,(H,7,8);;/q;;+1/p-1. The molecule has 0 radical (unpaired) electrons. The number of rotatable bonds is 1. The third-order valence-corrected chi connectivity index (χ3v) is 3.53. The van der Waals surface area contributed by atoms with Gasteiger partial charge >= 0.3 is 89.3 Å². The van der Waals surface area contributed by atoms with Gasteiger partial charge in [0, 0.05) is 0 Å². The van der Waals surface area contributed by atoms with E-state index >= 15 is 0 Å². The maximum absolute atomic E-state index is 10.2. The number of hydrogen-bond donors (Lipinski definition) is 0. The van der Waals surface area contributed by atoms with Crippen LogP contribution in [0.2, 0.25) is 0 Å². The van der Waals surface area contributed by atoms with Crippen molar-refractivity contribution >= 4 is 27.0 Å². The minimum Gasteiger partial charge on any atom is 1.00 e. The monoisotopic (exact) mass is 200 g/mol. The Balaban J connectivity index is 0.000000810. The van der Waals surface area contributed by atoms with Gasteiger partial charge in [-0.05, 0) is 0 Å². The Morgan fingerprint density at radius 1 is 1.50 bits per heavy atom. The summed E-state index contributed by atoms with van der Waals surface area (Å²) in [7, 11) is 0. The van der Waals surface area contributed by atoms with Crippen molar-refractivity contribution in [3.05, 3.63) is 22.9 Å². The molecule has 0 fully saturated rings. The van der Waals surface area contributed by atoms with Gasteiger partial charge in [0.1, 0.15) is 0 Å². The first kappa shape index (κ1) is 10.5. The summed E-state index contributed by atoms with van der Waals surface area (Å²) in [5.41, 5.74) is 0. The van der Waals surface area contributed by atoms with E-state index in [4.69, 9.17) is 0 Å². The Hall–Kier alpha value is 0.456. The van der Waals surface area contributed by atoms with Gasteiger partial charge < -0.3 is 0 Å². The fraction of sp³-hybridized carbons (Fsp3) is 0. The van der Waals surface area contributed by atoms with Gasteiger partial charge in [-0.3, -0.25) is 0 Å². The number of carbonyl (C=O) groups is 1. The predicted octanol–water partition coefficient (Wildman–Crippen LogP) is -4.30. The van der Waals surface area contributed by atoms with E-state index in [0.29, 0.717) is 4.07 Å². The largest absolute Gasteiger partial charge is 1.00 e. The maximum atomic E-state index is 10.2. The molecule has 44 valence electrons. The number of carboxylic acid groups (broad SMARTS) is 1. The molecular formula is C6H4GaNaO2. The van der Waals surface area contributed by atoms with E-state index in [1.165, 1.54) is 0 Å². The van der Waals surface area contributed by atoms with Crippen LogP contribution in [0.1, 0.15) is 0 Å². The summed E-state index contributed by atoms with van der Waals surface area (Å²) < 4.78 is 2.44. The summed E-state index contributed by atoms with van der Waals surface area (Å²) in [5, 5.41) is 10.2. The zero-order valence-electron chi connectivity index (χ0n) is 5.70. The van der Waals surface area contributed by atoms with Crippen LogP contribution in [0.3, 0.4) is 0 Å². The number of carbonyl (C=O) groups excluding carboxylic acids is 1. The fourth-order valence-corrected chi connectivity index (χ4v) is 2.26. The molecule has 1 rings (SSSR count). The second-order valence-corrected chi connectivity index (χ2v) is 4.47. The Morgan fingerprint density at radius 2 is 2.20 bits per heavy atom. The number of carboxylic acids is 1. The summed E-state index contributed by atoms with van der Waals surface area (Å²) in [4.78, 5) is 10.2. The van der Waals surface area contributed by atoms with Crippen LogP contribution in [-0.4, -0.2) is 27.0 Å². The van der Waals surface area contributed by atoms with Gasteiger partial charge in [-0.15, -0.1) is 0 Å². The van der Waals surface area contributed by atoms with Gasteiger partial charge in [0.2, 0.25) is 0 Å². The first-order valence-corrected chi connectivity index (χ1v) is 5.18. The molecular weight excluding hydrogens is 197 g/mol. The molecule has 10 heavy (non-hydrogen) atoms. The Kier molecular flexibility index (Phi) is 5.39. The molecule has 2 nitrogen and oxygen atoms in total. The quantitative estimate of drug-likeness (QED) is 0.402. The van der Waals surface area contributed by atoms with Crippen molar-refractivity contribution in [1.29, 1.82) is 0 Å². The molecule has 0 atom stereocenters. The maximum Gasteiger partial charge on any atom is 1.00 e. The molecule has 0 aromatic heterocycles. The Bertz CT molecular complexity index is 218. The molecule has 0 aromatic rings. The molecule has 0 bridgehead atoms. The topological polar surface area (TPSA) is 40.1 Å². The Morgan fingerprint density at radius 3 is 2.50 bits per heavy atom. The number of hydrogen-bond acceptors (Lipinski definition) is 2. The van der Waals surface area contributed by atoms with Crippen LogP contribution in [0.25, 0.3) is 0 Å². The summed E-state index contributed by atoms with van der Waals surface area (Å²) in [5.74, 6) is -1.00. The first-order valence-electron chi connectivity index (χ1n) is 2.57. The van der Waals surface area contributed by atoms with E-state index in [-0.39, 0.29) is 29.6 Å². The van der Waals surface area contributed by atoms with E-state index in [1.807, 2.05) is 10.7 Å². The van der Waals surface area contributed by atoms with Crippen LogP contribution in [0.15, 0.2) is 22.9 Å². The minimum absolute atomic E-state index is 0. The van der Waals surface area contributed by atoms with Gasteiger partial charge in [0.15, 0.2) is 0 Å². The third-order valence-electron chi connectivity index (χ3n) is 1.01. The summed E-state index contributed by atoms with van der Waals surface area (Å²) in [6, 6.07) is 0. The fourth-order valence-electron chi connectivity index (χ4n) is 0.574. The number of allylic oxidation sites excluding steroid dienone is 2. The van der Waals surface area contributed by atoms with Gasteiger partial charge in [0.05, 0.1) is 0 Å². The van der Waals surface area contributed by atoms with Crippen molar-refractivity contribution in [1.82, 2.24) is 0 Å². The molecule has 1 aliphatic rings. The predicted molar refractivity (Wildman–Crippen MR) is 34.0 cm³/mol. The van der Waals surface area contributed by atoms with Crippen LogP contribution < -0.4 is 34.7 Å². The second-order valence-electron chi connectivity index (χ2n) is 1.65. The van der Waals surface area contributed by atoms with E-state index in [1.54, 1.807) is 12.2 Å². The average Bonchev–Trinajstić information content (AvgIpc) is 1.90. The van der Waals surface area contributed by atoms with Crippen LogP contribution in [0, 0.1) is 0 Å². The van der Waals surface area contributed by atoms with E-state index in [2.05, 4.69) is 0 Å². The number of aliphatic carboxylic acids is 1. The molecule has 1 aliphatic heterocycles. The van der Waals surface area contributed by atoms with Crippen LogP contribution in [-0.2, 0) is 4.79 Å². The molecule has 0 unspecified atom stereocenters. The van der Waals surface area contributed by atoms with Crippen molar-refractivity contribution < 1.29 is 39.5 Å². The molecule has 0 N–H and O–H groups in total. The molecule has 0 saturated carbocycles. The van der Waals surface area contributed by atoms with Crippen molar-refractivity contribution in [3.63, 3.8) is 0 Å². The van der Waals surface area contributed by atoms with Crippen LogP contribution in [0.5, 0.6) is 0 Å². The van der Waals surface area contributed by atoms with Crippen LogP contribution in [0.4, 0.5) is 0 Å². The Labute approximate surface area is 88.6 Å². The normalized spacial score (nSPS) is 13.0.